The highest BCUT2D eigenvalue weighted by molar-refractivity contribution is 7.92. The normalized spacial score (nSPS) is 16.7. The lowest BCUT2D eigenvalue weighted by molar-refractivity contribution is 0.459. The first-order chi connectivity index (χ1) is 13.0. The van der Waals surface area contributed by atoms with Crippen molar-refractivity contribution in [3.05, 3.63) is 59.2 Å². The minimum atomic E-state index is -3.65. The molecule has 1 aliphatic rings. The van der Waals surface area contributed by atoms with Crippen LogP contribution in [0.1, 0.15) is 36.5 Å². The van der Waals surface area contributed by atoms with Crippen LogP contribution >= 0.6 is 0 Å². The topological polar surface area (TPSA) is 58.2 Å². The summed E-state index contributed by atoms with van der Waals surface area (Å²) in [4.78, 5) is 0.187. The second-order valence-electron chi connectivity index (χ2n) is 7.07. The molecule has 146 valence electrons. The fraction of sp³-hybridized carbons (Fsp3) is 0.429. The number of benzene rings is 2. The molecule has 0 saturated heterocycles. The summed E-state index contributed by atoms with van der Waals surface area (Å²) in [7, 11) is -3.65. The number of fused-ring (bicyclic) bond motifs is 1. The lowest BCUT2D eigenvalue weighted by Gasteiger charge is -2.26. The van der Waals surface area contributed by atoms with E-state index in [1.807, 2.05) is 18.2 Å². The molecule has 27 heavy (non-hydrogen) atoms. The Hall–Kier alpha value is -1.92. The molecule has 0 radical (unpaired) electrons. The van der Waals surface area contributed by atoms with Gasteiger partial charge in [0, 0.05) is 18.2 Å². The first-order valence-electron chi connectivity index (χ1n) is 9.54. The molecule has 0 fully saturated rings. The summed E-state index contributed by atoms with van der Waals surface area (Å²) >= 11 is 0. The van der Waals surface area contributed by atoms with Gasteiger partial charge < -0.3 is 5.32 Å². The number of hydrogen-bond acceptors (Lipinski definition) is 3. The van der Waals surface area contributed by atoms with Crippen LogP contribution in [0.15, 0.2) is 47.4 Å². The first kappa shape index (κ1) is 19.8. The maximum Gasteiger partial charge on any atom is 0.261 e. The van der Waals surface area contributed by atoms with Crippen LogP contribution in [-0.4, -0.2) is 27.7 Å². The van der Waals surface area contributed by atoms with E-state index in [-0.39, 0.29) is 4.90 Å². The summed E-state index contributed by atoms with van der Waals surface area (Å²) in [6.45, 7) is 2.74. The van der Waals surface area contributed by atoms with Crippen molar-refractivity contribution in [2.45, 2.75) is 50.0 Å². The zero-order valence-corrected chi connectivity index (χ0v) is 16.5. The first-order valence-corrected chi connectivity index (χ1v) is 11.0. The van der Waals surface area contributed by atoms with Crippen LogP contribution in [0.2, 0.25) is 0 Å². The van der Waals surface area contributed by atoms with E-state index in [0.717, 1.165) is 37.8 Å². The minimum Gasteiger partial charge on any atom is -0.314 e. The number of alkyl halides is 1. The summed E-state index contributed by atoms with van der Waals surface area (Å²) in [5.74, 6) is 0. The Labute approximate surface area is 161 Å². The average Bonchev–Trinajstić information content (AvgIpc) is 2.66. The fourth-order valence-electron chi connectivity index (χ4n) is 3.50. The third-order valence-electron chi connectivity index (χ3n) is 4.99. The number of rotatable bonds is 8. The van der Waals surface area contributed by atoms with Crippen molar-refractivity contribution in [2.24, 2.45) is 0 Å². The highest BCUT2D eigenvalue weighted by Crippen LogP contribution is 2.26. The third kappa shape index (κ3) is 5.08. The fourth-order valence-corrected chi connectivity index (χ4v) is 4.55. The predicted octanol–water partition coefficient (Wildman–Crippen LogP) is 3.86. The molecule has 1 atom stereocenters. The molecular weight excluding hydrogens is 363 g/mol. The zero-order valence-electron chi connectivity index (χ0n) is 15.7. The van der Waals surface area contributed by atoms with E-state index in [9.17, 15) is 12.8 Å². The van der Waals surface area contributed by atoms with Gasteiger partial charge in [-0.1, -0.05) is 25.1 Å². The molecule has 4 nitrogen and oxygen atoms in total. The molecule has 0 saturated carbocycles. The molecule has 2 N–H and O–H groups in total. The SMILES string of the molecule is CCCNC1CCc2cc(NS(=O)(=O)c3ccc(CCF)cc3)ccc2C1. The van der Waals surface area contributed by atoms with Crippen LogP contribution in [-0.2, 0) is 29.3 Å². The molecule has 6 heteroatoms. The van der Waals surface area contributed by atoms with Gasteiger partial charge in [0.2, 0.25) is 0 Å². The second kappa shape index (κ2) is 8.85. The molecule has 1 aliphatic carbocycles. The van der Waals surface area contributed by atoms with Gasteiger partial charge in [0.25, 0.3) is 10.0 Å². The molecular formula is C21H27FN2O2S. The van der Waals surface area contributed by atoms with Crippen molar-refractivity contribution < 1.29 is 12.8 Å². The molecule has 0 heterocycles. The van der Waals surface area contributed by atoms with Crippen LogP contribution in [0.25, 0.3) is 0 Å². The van der Waals surface area contributed by atoms with Gasteiger partial charge in [-0.2, -0.15) is 0 Å². The lowest BCUT2D eigenvalue weighted by atomic mass is 9.88. The van der Waals surface area contributed by atoms with Gasteiger partial charge in [0.1, 0.15) is 0 Å². The maximum absolute atomic E-state index is 12.6. The summed E-state index contributed by atoms with van der Waals surface area (Å²) in [6, 6.07) is 12.7. The smallest absolute Gasteiger partial charge is 0.261 e. The zero-order chi connectivity index (χ0) is 19.3. The summed E-state index contributed by atoms with van der Waals surface area (Å²) in [5, 5.41) is 3.57. The van der Waals surface area contributed by atoms with Crippen LogP contribution in [0, 0.1) is 0 Å². The molecule has 0 aromatic heterocycles. The number of hydrogen-bond donors (Lipinski definition) is 2. The van der Waals surface area contributed by atoms with Crippen LogP contribution in [0.5, 0.6) is 0 Å². The average molecular weight is 391 g/mol. The van der Waals surface area contributed by atoms with Gasteiger partial charge >= 0.3 is 0 Å². The van der Waals surface area contributed by atoms with Crippen molar-refractivity contribution >= 4 is 15.7 Å². The van der Waals surface area contributed by atoms with Gasteiger partial charge in [0.15, 0.2) is 0 Å². The van der Waals surface area contributed by atoms with Crippen molar-refractivity contribution in [1.29, 1.82) is 0 Å². The number of sulfonamides is 1. The lowest BCUT2D eigenvalue weighted by Crippen LogP contribution is -2.35. The monoisotopic (exact) mass is 390 g/mol. The third-order valence-corrected chi connectivity index (χ3v) is 6.38. The van der Waals surface area contributed by atoms with Crippen molar-refractivity contribution in [2.75, 3.05) is 17.9 Å². The number of nitrogens with one attached hydrogen (secondary N) is 2. The van der Waals surface area contributed by atoms with E-state index < -0.39 is 16.7 Å². The Kier molecular flexibility index (Phi) is 6.50. The van der Waals surface area contributed by atoms with Gasteiger partial charge in [-0.05, 0) is 73.2 Å². The Morgan fingerprint density at radius 2 is 1.89 bits per heavy atom. The van der Waals surface area contributed by atoms with Gasteiger partial charge in [-0.3, -0.25) is 9.11 Å². The molecule has 2 aromatic rings. The quantitative estimate of drug-likeness (QED) is 0.720. The number of halogens is 1. The Balaban J connectivity index is 1.70. The maximum atomic E-state index is 12.6. The van der Waals surface area contributed by atoms with E-state index in [2.05, 4.69) is 17.0 Å². The van der Waals surface area contributed by atoms with Crippen molar-refractivity contribution in [1.82, 2.24) is 5.32 Å². The summed E-state index contributed by atoms with van der Waals surface area (Å²) in [5.41, 5.74) is 3.87. The van der Waals surface area contributed by atoms with Gasteiger partial charge in [-0.25, -0.2) is 8.42 Å². The van der Waals surface area contributed by atoms with E-state index >= 15 is 0 Å². The summed E-state index contributed by atoms with van der Waals surface area (Å²) < 4.78 is 40.3. The number of anilines is 1. The molecule has 0 bridgehead atoms. The van der Waals surface area contributed by atoms with Gasteiger partial charge in [0.05, 0.1) is 11.6 Å². The van der Waals surface area contributed by atoms with Crippen molar-refractivity contribution in [3.63, 3.8) is 0 Å². The van der Waals surface area contributed by atoms with Crippen LogP contribution < -0.4 is 10.0 Å². The minimum absolute atomic E-state index is 0.187. The van der Waals surface area contributed by atoms with E-state index in [0.29, 0.717) is 18.2 Å². The highest BCUT2D eigenvalue weighted by Gasteiger charge is 2.20. The second-order valence-corrected chi connectivity index (χ2v) is 8.75. The summed E-state index contributed by atoms with van der Waals surface area (Å²) in [6.07, 6.45) is 4.42. The Bertz CT molecular complexity index is 866. The highest BCUT2D eigenvalue weighted by atomic mass is 32.2. The van der Waals surface area contributed by atoms with Gasteiger partial charge in [-0.15, -0.1) is 0 Å². The Morgan fingerprint density at radius 1 is 1.11 bits per heavy atom. The van der Waals surface area contributed by atoms with E-state index in [4.69, 9.17) is 0 Å². The molecule has 0 amide bonds. The Morgan fingerprint density at radius 3 is 2.59 bits per heavy atom. The standard InChI is InChI=1S/C21H27FN2O2S/c1-2-13-23-19-7-5-18-15-20(8-6-17(18)14-19)24-27(25,26)21-9-3-16(4-10-21)11-12-22/h3-4,6,8-10,15,19,23-24H,2,5,7,11-14H2,1H3. The largest absolute Gasteiger partial charge is 0.314 e. The predicted molar refractivity (Wildman–Crippen MR) is 107 cm³/mol. The van der Waals surface area contributed by atoms with Crippen LogP contribution in [0.3, 0.4) is 0 Å². The molecule has 2 aromatic carbocycles. The number of aryl methyl sites for hydroxylation is 2. The molecule has 1 unspecified atom stereocenters. The molecule has 3 rings (SSSR count). The molecule has 0 spiro atoms. The molecule has 0 aliphatic heterocycles. The van der Waals surface area contributed by atoms with E-state index in [1.54, 1.807) is 12.1 Å². The van der Waals surface area contributed by atoms with E-state index in [1.165, 1.54) is 23.3 Å². The van der Waals surface area contributed by atoms with Crippen molar-refractivity contribution in [3.8, 4) is 0 Å². The van der Waals surface area contributed by atoms with Crippen LogP contribution in [0.4, 0.5) is 10.1 Å².